The molecular formula is C14H19N3OS. The number of ether oxygens (including phenoxy) is 1. The number of nitrogens with zero attached hydrogens (tertiary/aromatic N) is 3. The van der Waals surface area contributed by atoms with Gasteiger partial charge in [0.05, 0.1) is 13.7 Å². The van der Waals surface area contributed by atoms with Crippen molar-refractivity contribution in [3.63, 3.8) is 0 Å². The van der Waals surface area contributed by atoms with Gasteiger partial charge in [0.1, 0.15) is 11.6 Å². The van der Waals surface area contributed by atoms with Gasteiger partial charge in [-0.05, 0) is 30.9 Å². The zero-order valence-corrected chi connectivity index (χ0v) is 12.4. The Morgan fingerprint density at radius 3 is 2.63 bits per heavy atom. The number of hydrogen-bond acceptors (Lipinski definition) is 4. The summed E-state index contributed by atoms with van der Waals surface area (Å²) in [6.07, 6.45) is 3.03. The molecule has 2 rings (SSSR count). The fourth-order valence-electron chi connectivity index (χ4n) is 1.83. The van der Waals surface area contributed by atoms with Crippen molar-refractivity contribution in [3.05, 3.63) is 41.5 Å². The van der Waals surface area contributed by atoms with Crippen molar-refractivity contribution in [1.29, 1.82) is 0 Å². The lowest BCUT2D eigenvalue weighted by Gasteiger charge is -2.04. The summed E-state index contributed by atoms with van der Waals surface area (Å²) < 4.78 is 7.11. The van der Waals surface area contributed by atoms with Crippen molar-refractivity contribution in [3.8, 4) is 5.75 Å². The Balaban J connectivity index is 2.07. The second-order valence-corrected chi connectivity index (χ2v) is 5.31. The zero-order valence-electron chi connectivity index (χ0n) is 11.6. The highest BCUT2D eigenvalue weighted by Crippen LogP contribution is 2.13. The number of hydrogen-bond donors (Lipinski definition) is 0. The SMILES string of the molecule is COc1ccc(Cn2nc(CCSC)nc2C)cc1. The molecule has 0 radical (unpaired) electrons. The van der Waals surface area contributed by atoms with E-state index >= 15 is 0 Å². The van der Waals surface area contributed by atoms with Gasteiger partial charge >= 0.3 is 0 Å². The van der Waals surface area contributed by atoms with Crippen molar-refractivity contribution >= 4 is 11.8 Å². The van der Waals surface area contributed by atoms with E-state index in [2.05, 4.69) is 28.5 Å². The van der Waals surface area contributed by atoms with Gasteiger partial charge < -0.3 is 4.74 Å². The first-order valence-corrected chi connectivity index (χ1v) is 7.64. The predicted octanol–water partition coefficient (Wildman–Crippen LogP) is 2.55. The fraction of sp³-hybridized carbons (Fsp3) is 0.429. The molecule has 4 nitrogen and oxygen atoms in total. The van der Waals surface area contributed by atoms with Crippen molar-refractivity contribution in [2.45, 2.75) is 19.9 Å². The second kappa shape index (κ2) is 6.61. The van der Waals surface area contributed by atoms with Crippen molar-refractivity contribution in [2.24, 2.45) is 0 Å². The summed E-state index contributed by atoms with van der Waals surface area (Å²) in [5.74, 6) is 3.83. The molecule has 0 saturated heterocycles. The third-order valence-corrected chi connectivity index (χ3v) is 3.53. The normalized spacial score (nSPS) is 10.7. The van der Waals surface area contributed by atoms with Gasteiger partial charge in [0.2, 0.25) is 0 Å². The number of thioether (sulfide) groups is 1. The Bertz CT molecular complexity index is 522. The Labute approximate surface area is 118 Å². The van der Waals surface area contributed by atoms with Gasteiger partial charge in [0, 0.05) is 12.2 Å². The third kappa shape index (κ3) is 3.73. The molecule has 0 aliphatic carbocycles. The van der Waals surface area contributed by atoms with Crippen molar-refractivity contribution in [1.82, 2.24) is 14.8 Å². The summed E-state index contributed by atoms with van der Waals surface area (Å²) in [5.41, 5.74) is 1.20. The molecule has 0 aliphatic rings. The molecule has 0 aliphatic heterocycles. The summed E-state index contributed by atoms with van der Waals surface area (Å²) in [7, 11) is 1.68. The van der Waals surface area contributed by atoms with Crippen LogP contribution in [0.2, 0.25) is 0 Å². The molecule has 0 saturated carbocycles. The lowest BCUT2D eigenvalue weighted by atomic mass is 10.2. The molecule has 0 fully saturated rings. The smallest absolute Gasteiger partial charge is 0.151 e. The first kappa shape index (κ1) is 13.9. The van der Waals surface area contributed by atoms with E-state index in [-0.39, 0.29) is 0 Å². The third-order valence-electron chi connectivity index (χ3n) is 2.92. The minimum absolute atomic E-state index is 0.752. The van der Waals surface area contributed by atoms with Crippen LogP contribution in [0.25, 0.3) is 0 Å². The number of benzene rings is 1. The van der Waals surface area contributed by atoms with Crippen LogP contribution in [-0.2, 0) is 13.0 Å². The molecule has 102 valence electrons. The molecular weight excluding hydrogens is 258 g/mol. The van der Waals surface area contributed by atoms with Gasteiger partial charge in [-0.3, -0.25) is 0 Å². The Hall–Kier alpha value is -1.49. The van der Waals surface area contributed by atoms with Crippen molar-refractivity contribution in [2.75, 3.05) is 19.1 Å². The number of aromatic nitrogens is 3. The first-order chi connectivity index (χ1) is 9.22. The predicted molar refractivity (Wildman–Crippen MR) is 78.9 cm³/mol. The molecule has 0 amide bonds. The topological polar surface area (TPSA) is 39.9 Å². The van der Waals surface area contributed by atoms with Crippen LogP contribution in [0.5, 0.6) is 5.75 Å². The van der Waals surface area contributed by atoms with Gasteiger partial charge in [0.15, 0.2) is 5.82 Å². The van der Waals surface area contributed by atoms with E-state index in [0.29, 0.717) is 0 Å². The molecule has 0 unspecified atom stereocenters. The van der Waals surface area contributed by atoms with Crippen LogP contribution in [-0.4, -0.2) is 33.9 Å². The number of rotatable bonds is 6. The van der Waals surface area contributed by atoms with Crippen molar-refractivity contribution < 1.29 is 4.74 Å². The molecule has 2 aromatic rings. The maximum absolute atomic E-state index is 5.15. The van der Waals surface area contributed by atoms with E-state index < -0.39 is 0 Å². The molecule has 1 aromatic heterocycles. The van der Waals surface area contributed by atoms with Gasteiger partial charge in [0.25, 0.3) is 0 Å². The van der Waals surface area contributed by atoms with Crippen LogP contribution in [0.4, 0.5) is 0 Å². The largest absolute Gasteiger partial charge is 0.497 e. The van der Waals surface area contributed by atoms with E-state index in [1.165, 1.54) is 5.56 Å². The molecule has 0 bridgehead atoms. The standard InChI is InChI=1S/C14H19N3OS/c1-11-15-14(8-9-19-3)16-17(11)10-12-4-6-13(18-2)7-5-12/h4-7H,8-10H2,1-3H3. The molecule has 1 aromatic carbocycles. The Morgan fingerprint density at radius 2 is 2.00 bits per heavy atom. The van der Waals surface area contributed by atoms with E-state index in [9.17, 15) is 0 Å². The zero-order chi connectivity index (χ0) is 13.7. The van der Waals surface area contributed by atoms with Gasteiger partial charge in [-0.15, -0.1) is 0 Å². The first-order valence-electron chi connectivity index (χ1n) is 6.25. The monoisotopic (exact) mass is 277 g/mol. The van der Waals surface area contributed by atoms with Crippen LogP contribution < -0.4 is 4.74 Å². The fourth-order valence-corrected chi connectivity index (χ4v) is 2.22. The second-order valence-electron chi connectivity index (χ2n) is 4.32. The highest BCUT2D eigenvalue weighted by molar-refractivity contribution is 7.98. The highest BCUT2D eigenvalue weighted by Gasteiger charge is 2.06. The average molecular weight is 277 g/mol. The van der Waals surface area contributed by atoms with Crippen LogP contribution in [0.15, 0.2) is 24.3 Å². The van der Waals surface area contributed by atoms with E-state index in [0.717, 1.165) is 36.1 Å². The van der Waals surface area contributed by atoms with Crippen LogP contribution in [0.1, 0.15) is 17.2 Å². The minimum atomic E-state index is 0.752. The average Bonchev–Trinajstić information content (AvgIpc) is 2.78. The lowest BCUT2D eigenvalue weighted by molar-refractivity contribution is 0.414. The summed E-state index contributed by atoms with van der Waals surface area (Å²) in [5, 5.41) is 4.55. The Morgan fingerprint density at radius 1 is 1.26 bits per heavy atom. The maximum Gasteiger partial charge on any atom is 0.151 e. The van der Waals surface area contributed by atoms with Crippen LogP contribution in [0, 0.1) is 6.92 Å². The number of methoxy groups -OCH3 is 1. The van der Waals surface area contributed by atoms with Crippen LogP contribution >= 0.6 is 11.8 Å². The number of aryl methyl sites for hydroxylation is 2. The van der Waals surface area contributed by atoms with Crippen LogP contribution in [0.3, 0.4) is 0 Å². The van der Waals surface area contributed by atoms with E-state index in [1.54, 1.807) is 7.11 Å². The Kier molecular flexibility index (Phi) is 4.85. The van der Waals surface area contributed by atoms with E-state index in [1.807, 2.05) is 35.5 Å². The maximum atomic E-state index is 5.15. The minimum Gasteiger partial charge on any atom is -0.497 e. The molecule has 5 heteroatoms. The molecule has 0 spiro atoms. The molecule has 1 heterocycles. The summed E-state index contributed by atoms with van der Waals surface area (Å²) >= 11 is 1.82. The van der Waals surface area contributed by atoms with E-state index in [4.69, 9.17) is 4.74 Å². The summed E-state index contributed by atoms with van der Waals surface area (Å²) in [4.78, 5) is 4.49. The van der Waals surface area contributed by atoms with Gasteiger partial charge in [-0.25, -0.2) is 9.67 Å². The summed E-state index contributed by atoms with van der Waals surface area (Å²) in [6.45, 7) is 2.75. The van der Waals surface area contributed by atoms with Gasteiger partial charge in [-0.1, -0.05) is 12.1 Å². The summed E-state index contributed by atoms with van der Waals surface area (Å²) in [6, 6.07) is 8.05. The molecule has 0 N–H and O–H groups in total. The highest BCUT2D eigenvalue weighted by atomic mass is 32.2. The quantitative estimate of drug-likeness (QED) is 0.813. The molecule has 0 atom stereocenters. The lowest BCUT2D eigenvalue weighted by Crippen LogP contribution is -2.04. The molecule has 19 heavy (non-hydrogen) atoms. The van der Waals surface area contributed by atoms with Gasteiger partial charge in [-0.2, -0.15) is 16.9 Å².